The number of rotatable bonds is 7. The van der Waals surface area contributed by atoms with Crippen LogP contribution < -0.4 is 10.6 Å². The van der Waals surface area contributed by atoms with Gasteiger partial charge in [-0.25, -0.2) is 4.98 Å². The summed E-state index contributed by atoms with van der Waals surface area (Å²) in [5.74, 6) is 0.103. The van der Waals surface area contributed by atoms with E-state index in [4.69, 9.17) is 21.4 Å². The number of nitrogens with one attached hydrogen (secondary N) is 2. The molecular formula is C17H19ClN4O3. The lowest BCUT2D eigenvalue weighted by Gasteiger charge is -2.13. The van der Waals surface area contributed by atoms with E-state index in [1.165, 1.54) is 6.20 Å². The Morgan fingerprint density at radius 1 is 1.36 bits per heavy atom. The number of ether oxygens (including phenoxy) is 1. The Morgan fingerprint density at radius 3 is 2.84 bits per heavy atom. The summed E-state index contributed by atoms with van der Waals surface area (Å²) in [6.45, 7) is 1.45. The van der Waals surface area contributed by atoms with Crippen LogP contribution in [0.3, 0.4) is 0 Å². The molecule has 0 saturated carbocycles. The fourth-order valence-corrected chi connectivity index (χ4v) is 2.73. The first-order valence-corrected chi connectivity index (χ1v) is 8.44. The van der Waals surface area contributed by atoms with Gasteiger partial charge in [-0.2, -0.15) is 4.98 Å². The fourth-order valence-electron chi connectivity index (χ4n) is 2.58. The summed E-state index contributed by atoms with van der Waals surface area (Å²) in [6.07, 6.45) is 3.82. The smallest absolute Gasteiger partial charge is 0.307 e. The molecule has 1 fully saturated rings. The largest absolute Gasteiger partial charge is 0.481 e. The molecule has 8 heteroatoms. The monoisotopic (exact) mass is 362 g/mol. The molecule has 132 valence electrons. The van der Waals surface area contributed by atoms with Gasteiger partial charge in [-0.15, -0.1) is 0 Å². The first-order valence-electron chi connectivity index (χ1n) is 8.06. The number of hydrogen-bond donors (Lipinski definition) is 3. The van der Waals surface area contributed by atoms with E-state index in [-0.39, 0.29) is 12.5 Å². The summed E-state index contributed by atoms with van der Waals surface area (Å²) >= 11 is 6.14. The van der Waals surface area contributed by atoms with Crippen molar-refractivity contribution in [2.75, 3.05) is 23.8 Å². The quantitative estimate of drug-likeness (QED) is 0.696. The number of benzene rings is 1. The van der Waals surface area contributed by atoms with Crippen molar-refractivity contribution in [2.24, 2.45) is 0 Å². The van der Waals surface area contributed by atoms with Gasteiger partial charge in [0.2, 0.25) is 5.95 Å². The topological polar surface area (TPSA) is 96.4 Å². The molecule has 3 N–H and O–H groups in total. The number of carboxylic acids is 1. The van der Waals surface area contributed by atoms with Crippen LogP contribution in [0, 0.1) is 0 Å². The molecule has 0 spiro atoms. The molecule has 1 atom stereocenters. The van der Waals surface area contributed by atoms with E-state index in [9.17, 15) is 4.79 Å². The lowest BCUT2D eigenvalue weighted by molar-refractivity contribution is -0.136. The molecule has 1 saturated heterocycles. The average molecular weight is 363 g/mol. The molecule has 0 radical (unpaired) electrons. The van der Waals surface area contributed by atoms with Crippen molar-refractivity contribution >= 4 is 35.0 Å². The second-order valence-corrected chi connectivity index (χ2v) is 6.21. The van der Waals surface area contributed by atoms with Gasteiger partial charge < -0.3 is 20.5 Å². The van der Waals surface area contributed by atoms with E-state index in [1.807, 2.05) is 0 Å². The van der Waals surface area contributed by atoms with Crippen LogP contribution in [0.15, 0.2) is 30.5 Å². The average Bonchev–Trinajstić information content (AvgIpc) is 3.10. The van der Waals surface area contributed by atoms with Crippen LogP contribution in [0.5, 0.6) is 0 Å². The Kier molecular flexibility index (Phi) is 5.67. The SMILES string of the molecule is O=C(O)Cc1ccc(Nc2ncc(Cl)c(NC[C@H]3CCCO3)n2)cc1. The van der Waals surface area contributed by atoms with Crippen molar-refractivity contribution in [1.29, 1.82) is 0 Å². The lowest BCUT2D eigenvalue weighted by Crippen LogP contribution is -2.19. The molecule has 25 heavy (non-hydrogen) atoms. The van der Waals surface area contributed by atoms with Gasteiger partial charge in [-0.3, -0.25) is 4.79 Å². The van der Waals surface area contributed by atoms with Crippen LogP contribution in [0.25, 0.3) is 0 Å². The van der Waals surface area contributed by atoms with Crippen LogP contribution >= 0.6 is 11.6 Å². The van der Waals surface area contributed by atoms with Gasteiger partial charge in [-0.1, -0.05) is 23.7 Å². The van der Waals surface area contributed by atoms with Crippen molar-refractivity contribution in [3.05, 3.63) is 41.0 Å². The summed E-state index contributed by atoms with van der Waals surface area (Å²) < 4.78 is 5.57. The highest BCUT2D eigenvalue weighted by Gasteiger charge is 2.16. The minimum atomic E-state index is -0.858. The highest BCUT2D eigenvalue weighted by molar-refractivity contribution is 6.32. The van der Waals surface area contributed by atoms with Gasteiger partial charge in [0.05, 0.1) is 18.7 Å². The maximum absolute atomic E-state index is 10.7. The minimum absolute atomic E-state index is 0.00493. The third-order valence-electron chi connectivity index (χ3n) is 3.83. The Labute approximate surface area is 150 Å². The van der Waals surface area contributed by atoms with Gasteiger partial charge >= 0.3 is 5.97 Å². The van der Waals surface area contributed by atoms with E-state index in [2.05, 4.69) is 20.6 Å². The standard InChI is InChI=1S/C17H19ClN4O3/c18-14-10-20-17(22-16(14)19-9-13-2-1-7-25-13)21-12-5-3-11(4-6-12)8-15(23)24/h3-6,10,13H,1-2,7-9H2,(H,23,24)(H2,19,20,21,22)/t13-/m1/s1. The van der Waals surface area contributed by atoms with E-state index in [0.717, 1.165) is 30.7 Å². The lowest BCUT2D eigenvalue weighted by atomic mass is 10.1. The van der Waals surface area contributed by atoms with Crippen LogP contribution in [0.1, 0.15) is 18.4 Å². The number of halogens is 1. The summed E-state index contributed by atoms with van der Waals surface area (Å²) in [4.78, 5) is 19.3. The van der Waals surface area contributed by atoms with E-state index in [0.29, 0.717) is 23.3 Å². The van der Waals surface area contributed by atoms with E-state index >= 15 is 0 Å². The Hall–Kier alpha value is -2.38. The van der Waals surface area contributed by atoms with Crippen molar-refractivity contribution in [3.63, 3.8) is 0 Å². The van der Waals surface area contributed by atoms with E-state index < -0.39 is 5.97 Å². The molecule has 1 aromatic heterocycles. The maximum Gasteiger partial charge on any atom is 0.307 e. The summed E-state index contributed by atoms with van der Waals surface area (Å²) in [5.41, 5.74) is 1.50. The highest BCUT2D eigenvalue weighted by Crippen LogP contribution is 2.22. The molecular weight excluding hydrogens is 344 g/mol. The molecule has 2 heterocycles. The van der Waals surface area contributed by atoms with Crippen LogP contribution in [-0.2, 0) is 16.0 Å². The molecule has 3 rings (SSSR count). The van der Waals surface area contributed by atoms with Crippen LogP contribution in [-0.4, -0.2) is 40.3 Å². The molecule has 0 bridgehead atoms. The van der Waals surface area contributed by atoms with Crippen molar-refractivity contribution in [1.82, 2.24) is 9.97 Å². The molecule has 1 aliphatic heterocycles. The second-order valence-electron chi connectivity index (χ2n) is 5.80. The van der Waals surface area contributed by atoms with Gasteiger partial charge in [0.25, 0.3) is 0 Å². The molecule has 0 aliphatic carbocycles. The molecule has 1 aliphatic rings. The highest BCUT2D eigenvalue weighted by atomic mass is 35.5. The summed E-state index contributed by atoms with van der Waals surface area (Å²) in [6, 6.07) is 7.08. The van der Waals surface area contributed by atoms with Gasteiger partial charge in [0.15, 0.2) is 5.82 Å². The number of nitrogens with zero attached hydrogens (tertiary/aromatic N) is 2. The summed E-state index contributed by atoms with van der Waals surface area (Å²) in [5, 5.41) is 15.5. The second kappa shape index (κ2) is 8.13. The zero-order chi connectivity index (χ0) is 17.6. The molecule has 0 unspecified atom stereocenters. The number of anilines is 3. The first-order chi connectivity index (χ1) is 12.1. The van der Waals surface area contributed by atoms with E-state index in [1.54, 1.807) is 24.3 Å². The Morgan fingerprint density at radius 2 is 2.16 bits per heavy atom. The zero-order valence-electron chi connectivity index (χ0n) is 13.5. The molecule has 1 aromatic carbocycles. The number of carboxylic acid groups (broad SMARTS) is 1. The molecule has 0 amide bonds. The third-order valence-corrected chi connectivity index (χ3v) is 4.11. The number of aliphatic carboxylic acids is 1. The predicted molar refractivity (Wildman–Crippen MR) is 95.6 cm³/mol. The van der Waals surface area contributed by atoms with Crippen LogP contribution in [0.4, 0.5) is 17.5 Å². The Balaban J connectivity index is 1.63. The number of aromatic nitrogens is 2. The third kappa shape index (κ3) is 5.04. The van der Waals surface area contributed by atoms with Crippen molar-refractivity contribution in [3.8, 4) is 0 Å². The van der Waals surface area contributed by atoms with Gasteiger partial charge in [0.1, 0.15) is 5.02 Å². The van der Waals surface area contributed by atoms with Crippen LogP contribution in [0.2, 0.25) is 5.02 Å². The number of carbonyl (C=O) groups is 1. The van der Waals surface area contributed by atoms with Crippen molar-refractivity contribution < 1.29 is 14.6 Å². The van der Waals surface area contributed by atoms with Gasteiger partial charge in [-0.05, 0) is 30.5 Å². The normalized spacial score (nSPS) is 16.6. The zero-order valence-corrected chi connectivity index (χ0v) is 14.3. The van der Waals surface area contributed by atoms with Gasteiger partial charge in [0, 0.05) is 18.8 Å². The first kappa shape index (κ1) is 17.4. The number of hydrogen-bond acceptors (Lipinski definition) is 6. The van der Waals surface area contributed by atoms with Crippen molar-refractivity contribution in [2.45, 2.75) is 25.4 Å². The predicted octanol–water partition coefficient (Wildman–Crippen LogP) is 3.09. The fraction of sp³-hybridized carbons (Fsp3) is 0.353. The maximum atomic E-state index is 10.7. The Bertz CT molecular complexity index is 733. The minimum Gasteiger partial charge on any atom is -0.481 e. The molecule has 7 nitrogen and oxygen atoms in total. The molecule has 2 aromatic rings. The summed E-state index contributed by atoms with van der Waals surface area (Å²) in [7, 11) is 0.